The number of carbonyl (C=O) groups is 2. The number of likely N-dealkylation sites (tertiary alicyclic amines) is 1. The molecule has 0 radical (unpaired) electrons. The van der Waals surface area contributed by atoms with E-state index in [1.165, 1.54) is 0 Å². The van der Waals surface area contributed by atoms with Crippen LogP contribution in [0, 0.1) is 5.92 Å². The number of fused-ring (bicyclic) bond motifs is 1. The number of carboxylic acid groups (broad SMARTS) is 1. The Balaban J connectivity index is 1.96. The molecule has 1 aromatic rings. The minimum Gasteiger partial charge on any atom is -0.493 e. The highest BCUT2D eigenvalue weighted by Gasteiger charge is 2.40. The largest absolute Gasteiger partial charge is 0.493 e. The van der Waals surface area contributed by atoms with Gasteiger partial charge in [-0.15, -0.1) is 0 Å². The van der Waals surface area contributed by atoms with Gasteiger partial charge in [0, 0.05) is 26.5 Å². The Morgan fingerprint density at radius 3 is 3.00 bits per heavy atom. The van der Waals surface area contributed by atoms with Gasteiger partial charge in [-0.05, 0) is 29.7 Å². The molecule has 0 aromatic heterocycles. The van der Waals surface area contributed by atoms with Crippen LogP contribution >= 0.6 is 0 Å². The van der Waals surface area contributed by atoms with Crippen molar-refractivity contribution in [3.05, 3.63) is 29.3 Å². The molecule has 2 aliphatic heterocycles. The molecule has 124 valence electrons. The predicted molar refractivity (Wildman–Crippen MR) is 82.3 cm³/mol. The van der Waals surface area contributed by atoms with Gasteiger partial charge in [-0.1, -0.05) is 6.07 Å². The van der Waals surface area contributed by atoms with Gasteiger partial charge < -0.3 is 19.5 Å². The highest BCUT2D eigenvalue weighted by Crippen LogP contribution is 2.39. The van der Waals surface area contributed by atoms with Gasteiger partial charge in [0.2, 0.25) is 5.91 Å². The van der Waals surface area contributed by atoms with Crippen LogP contribution in [0.1, 0.15) is 30.0 Å². The number of hydrogen-bond acceptors (Lipinski definition) is 4. The van der Waals surface area contributed by atoms with Crippen molar-refractivity contribution in [2.75, 3.05) is 26.9 Å². The van der Waals surface area contributed by atoms with Crippen LogP contribution in [0.25, 0.3) is 0 Å². The molecule has 23 heavy (non-hydrogen) atoms. The molecule has 1 aromatic carbocycles. The van der Waals surface area contributed by atoms with Crippen molar-refractivity contribution in [1.82, 2.24) is 4.90 Å². The summed E-state index contributed by atoms with van der Waals surface area (Å²) in [6, 6.07) is 5.30. The van der Waals surface area contributed by atoms with Crippen LogP contribution in [0.5, 0.6) is 5.75 Å². The summed E-state index contributed by atoms with van der Waals surface area (Å²) in [6.45, 7) is 1.44. The van der Waals surface area contributed by atoms with Crippen molar-refractivity contribution in [2.45, 2.75) is 25.3 Å². The van der Waals surface area contributed by atoms with Crippen molar-refractivity contribution in [2.24, 2.45) is 5.92 Å². The van der Waals surface area contributed by atoms with Crippen LogP contribution in [-0.4, -0.2) is 48.8 Å². The summed E-state index contributed by atoms with van der Waals surface area (Å²) in [5, 5.41) is 9.60. The molecule has 0 spiro atoms. The number of piperidine rings is 1. The van der Waals surface area contributed by atoms with Crippen molar-refractivity contribution < 1.29 is 24.2 Å². The lowest BCUT2D eigenvalue weighted by Crippen LogP contribution is -2.46. The standard InChI is InChI=1S/C17H21NO5/c1-22-9-7-18-15(19)5-3-13(17(20)21)16(18)12-2-4-14-11(10-12)6-8-23-14/h2,4,10,13,16H,3,5-9H2,1H3,(H,20,21). The summed E-state index contributed by atoms with van der Waals surface area (Å²) in [5.41, 5.74) is 1.95. The maximum Gasteiger partial charge on any atom is 0.308 e. The predicted octanol–water partition coefficient (Wildman–Crippen LogP) is 1.63. The first kappa shape index (κ1) is 15.8. The molecule has 2 unspecified atom stereocenters. The van der Waals surface area contributed by atoms with E-state index in [2.05, 4.69) is 0 Å². The number of rotatable bonds is 5. The number of hydrogen-bond donors (Lipinski definition) is 1. The fraction of sp³-hybridized carbons (Fsp3) is 0.529. The van der Waals surface area contributed by atoms with Crippen molar-refractivity contribution in [3.63, 3.8) is 0 Å². The van der Waals surface area contributed by atoms with Crippen LogP contribution in [0.2, 0.25) is 0 Å². The molecule has 3 rings (SSSR count). The van der Waals surface area contributed by atoms with Gasteiger partial charge in [0.15, 0.2) is 0 Å². The molecular formula is C17H21NO5. The number of carboxylic acids is 1. The van der Waals surface area contributed by atoms with E-state index in [1.807, 2.05) is 18.2 Å². The van der Waals surface area contributed by atoms with Crippen LogP contribution in [-0.2, 0) is 20.7 Å². The molecule has 1 saturated heterocycles. The summed E-state index contributed by atoms with van der Waals surface area (Å²) in [6.07, 6.45) is 1.46. The monoisotopic (exact) mass is 319 g/mol. The smallest absolute Gasteiger partial charge is 0.308 e. The number of ether oxygens (including phenoxy) is 2. The average Bonchev–Trinajstić information content (AvgIpc) is 3.00. The SMILES string of the molecule is COCCN1C(=O)CCC(C(=O)O)C1c1ccc2c(c1)CCO2. The molecule has 0 aliphatic carbocycles. The van der Waals surface area contributed by atoms with E-state index in [1.54, 1.807) is 12.0 Å². The minimum absolute atomic E-state index is 0.0127. The molecule has 1 amide bonds. The van der Waals surface area contributed by atoms with E-state index in [9.17, 15) is 14.7 Å². The second kappa shape index (κ2) is 6.58. The Hall–Kier alpha value is -2.08. The Morgan fingerprint density at radius 1 is 1.43 bits per heavy atom. The molecule has 2 heterocycles. The third-order valence-corrected chi connectivity index (χ3v) is 4.62. The van der Waals surface area contributed by atoms with Crippen LogP contribution in [0.4, 0.5) is 0 Å². The lowest BCUT2D eigenvalue weighted by molar-refractivity contribution is -0.152. The van der Waals surface area contributed by atoms with Gasteiger partial charge in [-0.25, -0.2) is 0 Å². The third kappa shape index (κ3) is 3.03. The fourth-order valence-corrected chi connectivity index (χ4v) is 3.47. The van der Waals surface area contributed by atoms with Crippen LogP contribution in [0.3, 0.4) is 0 Å². The van der Waals surface area contributed by atoms with Crippen molar-refractivity contribution >= 4 is 11.9 Å². The zero-order chi connectivity index (χ0) is 16.4. The Kier molecular flexibility index (Phi) is 4.52. The van der Waals surface area contributed by atoms with E-state index >= 15 is 0 Å². The molecular weight excluding hydrogens is 298 g/mol. The summed E-state index contributed by atoms with van der Waals surface area (Å²) in [7, 11) is 1.57. The van der Waals surface area contributed by atoms with E-state index in [4.69, 9.17) is 9.47 Å². The number of methoxy groups -OCH3 is 1. The van der Waals surface area contributed by atoms with Gasteiger partial charge >= 0.3 is 5.97 Å². The van der Waals surface area contributed by atoms with E-state index in [0.717, 1.165) is 23.3 Å². The minimum atomic E-state index is -0.860. The van der Waals surface area contributed by atoms with Gasteiger partial charge in [0.1, 0.15) is 5.75 Å². The number of aliphatic carboxylic acids is 1. The summed E-state index contributed by atoms with van der Waals surface area (Å²) in [5.74, 6) is -0.612. The molecule has 2 aliphatic rings. The lowest BCUT2D eigenvalue weighted by atomic mass is 9.83. The first-order chi connectivity index (χ1) is 11.1. The number of amides is 1. The lowest BCUT2D eigenvalue weighted by Gasteiger charge is -2.39. The summed E-state index contributed by atoms with van der Waals surface area (Å²) < 4.78 is 10.6. The van der Waals surface area contributed by atoms with Crippen LogP contribution < -0.4 is 4.74 Å². The first-order valence-electron chi connectivity index (χ1n) is 7.88. The van der Waals surface area contributed by atoms with E-state index in [-0.39, 0.29) is 12.3 Å². The average molecular weight is 319 g/mol. The summed E-state index contributed by atoms with van der Waals surface area (Å²) in [4.78, 5) is 25.7. The highest BCUT2D eigenvalue weighted by atomic mass is 16.5. The Morgan fingerprint density at radius 2 is 2.26 bits per heavy atom. The van der Waals surface area contributed by atoms with Crippen molar-refractivity contribution in [1.29, 1.82) is 0 Å². The van der Waals surface area contributed by atoms with Gasteiger partial charge in [-0.3, -0.25) is 9.59 Å². The Bertz CT molecular complexity index is 615. The number of benzene rings is 1. The maximum absolute atomic E-state index is 12.3. The molecule has 2 atom stereocenters. The van der Waals surface area contributed by atoms with Gasteiger partial charge in [0.25, 0.3) is 0 Å². The van der Waals surface area contributed by atoms with Gasteiger partial charge in [0.05, 0.1) is 25.2 Å². The molecule has 1 fully saturated rings. The fourth-order valence-electron chi connectivity index (χ4n) is 3.47. The van der Waals surface area contributed by atoms with E-state index in [0.29, 0.717) is 26.2 Å². The van der Waals surface area contributed by atoms with Crippen molar-refractivity contribution in [3.8, 4) is 5.75 Å². The third-order valence-electron chi connectivity index (χ3n) is 4.62. The van der Waals surface area contributed by atoms with Gasteiger partial charge in [-0.2, -0.15) is 0 Å². The van der Waals surface area contributed by atoms with Crippen LogP contribution in [0.15, 0.2) is 18.2 Å². The zero-order valence-electron chi connectivity index (χ0n) is 13.2. The van der Waals surface area contributed by atoms with E-state index < -0.39 is 17.9 Å². The number of nitrogens with zero attached hydrogens (tertiary/aromatic N) is 1. The zero-order valence-corrected chi connectivity index (χ0v) is 13.2. The number of carbonyl (C=O) groups excluding carboxylic acids is 1. The normalized spacial score (nSPS) is 23.5. The first-order valence-corrected chi connectivity index (χ1v) is 7.88. The second-order valence-corrected chi connectivity index (χ2v) is 5.97. The summed E-state index contributed by atoms with van der Waals surface area (Å²) >= 11 is 0. The molecule has 0 bridgehead atoms. The molecule has 0 saturated carbocycles. The highest BCUT2D eigenvalue weighted by molar-refractivity contribution is 5.81. The Labute approximate surface area is 135 Å². The molecule has 1 N–H and O–H groups in total. The maximum atomic E-state index is 12.3. The topological polar surface area (TPSA) is 76.1 Å². The molecule has 6 heteroatoms. The quantitative estimate of drug-likeness (QED) is 0.893. The molecule has 6 nitrogen and oxygen atoms in total. The second-order valence-electron chi connectivity index (χ2n) is 5.97.